The van der Waals surface area contributed by atoms with Crippen molar-refractivity contribution in [2.24, 2.45) is 0 Å². The van der Waals surface area contributed by atoms with Gasteiger partial charge in [-0.1, -0.05) is 29.8 Å². The summed E-state index contributed by atoms with van der Waals surface area (Å²) in [7, 11) is 0. The van der Waals surface area contributed by atoms with E-state index in [0.717, 1.165) is 5.69 Å². The number of carboxylic acids is 1. The van der Waals surface area contributed by atoms with E-state index >= 15 is 0 Å². The molecule has 2 N–H and O–H groups in total. The number of nitrogens with one attached hydrogen (secondary N) is 1. The van der Waals surface area contributed by atoms with Crippen LogP contribution in [0.2, 0.25) is 5.02 Å². The van der Waals surface area contributed by atoms with Crippen molar-refractivity contribution in [2.75, 3.05) is 0 Å². The standard InChI is InChI=1S/C21H15ClFN3O3/c22-15-7-13-10-17(21(28)29)20(27)25-19(13)14(8-15)11-26-16(5-6-24-26)9-12-3-1-2-4-18(12)23/h1-8,10H,9,11H2,(H,25,27)(H,28,29). The van der Waals surface area contributed by atoms with Crippen molar-refractivity contribution in [3.05, 3.63) is 98.3 Å². The molecule has 0 aliphatic heterocycles. The van der Waals surface area contributed by atoms with Crippen LogP contribution in [0, 0.1) is 5.82 Å². The zero-order valence-electron chi connectivity index (χ0n) is 15.0. The van der Waals surface area contributed by atoms with Gasteiger partial charge in [-0.25, -0.2) is 9.18 Å². The predicted octanol–water partition coefficient (Wildman–Crippen LogP) is 3.85. The zero-order valence-corrected chi connectivity index (χ0v) is 15.8. The molecule has 0 aliphatic carbocycles. The molecule has 2 heterocycles. The first-order valence-electron chi connectivity index (χ1n) is 8.75. The predicted molar refractivity (Wildman–Crippen MR) is 107 cm³/mol. The van der Waals surface area contributed by atoms with Crippen LogP contribution in [0.3, 0.4) is 0 Å². The highest BCUT2D eigenvalue weighted by molar-refractivity contribution is 6.31. The molecule has 4 rings (SSSR count). The molecule has 0 fully saturated rings. The maximum atomic E-state index is 14.0. The summed E-state index contributed by atoms with van der Waals surface area (Å²) in [6.45, 7) is 0.274. The number of rotatable bonds is 5. The summed E-state index contributed by atoms with van der Waals surface area (Å²) in [5.74, 6) is -1.60. The van der Waals surface area contributed by atoms with Crippen molar-refractivity contribution in [3.63, 3.8) is 0 Å². The second kappa shape index (κ2) is 7.52. The normalized spacial score (nSPS) is 11.1. The van der Waals surface area contributed by atoms with Gasteiger partial charge >= 0.3 is 5.97 Å². The Morgan fingerprint density at radius 2 is 1.97 bits per heavy atom. The lowest BCUT2D eigenvalue weighted by Gasteiger charge is -2.12. The van der Waals surface area contributed by atoms with Gasteiger partial charge in [0.05, 0.1) is 12.1 Å². The molecule has 2 aromatic carbocycles. The summed E-state index contributed by atoms with van der Waals surface area (Å²) in [6, 6.07) is 12.9. The van der Waals surface area contributed by atoms with Crippen LogP contribution in [0.25, 0.3) is 10.9 Å². The van der Waals surface area contributed by atoms with E-state index in [0.29, 0.717) is 33.5 Å². The number of hydrogen-bond acceptors (Lipinski definition) is 3. The molecule has 0 amide bonds. The molecular weight excluding hydrogens is 397 g/mol. The van der Waals surface area contributed by atoms with Gasteiger partial charge in [-0.3, -0.25) is 9.48 Å². The first-order chi connectivity index (χ1) is 13.9. The molecule has 0 radical (unpaired) electrons. The van der Waals surface area contributed by atoms with Gasteiger partial charge in [-0.15, -0.1) is 0 Å². The van der Waals surface area contributed by atoms with Crippen molar-refractivity contribution < 1.29 is 14.3 Å². The van der Waals surface area contributed by atoms with E-state index in [1.165, 1.54) is 12.1 Å². The molecule has 2 aromatic heterocycles. The maximum absolute atomic E-state index is 14.0. The van der Waals surface area contributed by atoms with E-state index in [1.807, 2.05) is 0 Å². The van der Waals surface area contributed by atoms with Gasteiger partial charge < -0.3 is 10.1 Å². The lowest BCUT2D eigenvalue weighted by molar-refractivity contribution is 0.0695. The van der Waals surface area contributed by atoms with Gasteiger partial charge in [0.1, 0.15) is 11.4 Å². The number of H-pyrrole nitrogens is 1. The van der Waals surface area contributed by atoms with E-state index in [4.69, 9.17) is 11.6 Å². The molecule has 0 saturated carbocycles. The van der Waals surface area contributed by atoms with Crippen LogP contribution in [0.1, 0.15) is 27.2 Å². The number of aromatic nitrogens is 3. The summed E-state index contributed by atoms with van der Waals surface area (Å²) < 4.78 is 15.7. The van der Waals surface area contributed by atoms with E-state index in [9.17, 15) is 19.1 Å². The fourth-order valence-electron chi connectivity index (χ4n) is 3.29. The number of carbonyl (C=O) groups is 1. The quantitative estimate of drug-likeness (QED) is 0.522. The van der Waals surface area contributed by atoms with Gasteiger partial charge in [0.2, 0.25) is 0 Å². The van der Waals surface area contributed by atoms with Crippen molar-refractivity contribution in [1.29, 1.82) is 0 Å². The molecule has 0 saturated heterocycles. The van der Waals surface area contributed by atoms with Crippen molar-refractivity contribution in [3.8, 4) is 0 Å². The first-order valence-corrected chi connectivity index (χ1v) is 9.13. The van der Waals surface area contributed by atoms with Crippen LogP contribution in [0.5, 0.6) is 0 Å². The van der Waals surface area contributed by atoms with Crippen LogP contribution >= 0.6 is 11.6 Å². The van der Waals surface area contributed by atoms with Gasteiger partial charge in [0.15, 0.2) is 0 Å². The molecular formula is C21H15ClFN3O3. The van der Waals surface area contributed by atoms with Gasteiger partial charge in [0.25, 0.3) is 5.56 Å². The molecule has 146 valence electrons. The number of carboxylic acid groups (broad SMARTS) is 1. The second-order valence-corrected chi connectivity index (χ2v) is 7.03. The van der Waals surface area contributed by atoms with Crippen molar-refractivity contribution in [1.82, 2.24) is 14.8 Å². The third kappa shape index (κ3) is 3.77. The second-order valence-electron chi connectivity index (χ2n) is 6.59. The highest BCUT2D eigenvalue weighted by Crippen LogP contribution is 2.24. The third-order valence-electron chi connectivity index (χ3n) is 4.68. The minimum Gasteiger partial charge on any atom is -0.477 e. The molecule has 0 aliphatic rings. The number of hydrogen-bond donors (Lipinski definition) is 2. The Morgan fingerprint density at radius 1 is 1.17 bits per heavy atom. The number of nitrogens with zero attached hydrogens (tertiary/aromatic N) is 2. The fourth-order valence-corrected chi connectivity index (χ4v) is 3.54. The van der Waals surface area contributed by atoms with E-state index in [1.54, 1.807) is 47.3 Å². The number of halogens is 2. The van der Waals surface area contributed by atoms with E-state index in [2.05, 4.69) is 10.1 Å². The topological polar surface area (TPSA) is 88.0 Å². The summed E-state index contributed by atoms with van der Waals surface area (Å²) in [5.41, 5.74) is 1.43. The molecule has 0 bridgehead atoms. The van der Waals surface area contributed by atoms with Gasteiger partial charge in [0, 0.05) is 28.7 Å². The molecule has 6 nitrogen and oxygen atoms in total. The van der Waals surface area contributed by atoms with Crippen LogP contribution in [-0.4, -0.2) is 25.8 Å². The molecule has 4 aromatic rings. The molecule has 0 atom stereocenters. The summed E-state index contributed by atoms with van der Waals surface area (Å²) in [4.78, 5) is 26.0. The minimum absolute atomic E-state index is 0.274. The lowest BCUT2D eigenvalue weighted by Crippen LogP contribution is -2.18. The van der Waals surface area contributed by atoms with Crippen molar-refractivity contribution in [2.45, 2.75) is 13.0 Å². The summed E-state index contributed by atoms with van der Waals surface area (Å²) in [5, 5.41) is 14.4. The Hall–Kier alpha value is -3.45. The fraction of sp³-hybridized carbons (Fsp3) is 0.0952. The Kier molecular flexibility index (Phi) is 4.90. The summed E-state index contributed by atoms with van der Waals surface area (Å²) in [6.07, 6.45) is 1.97. The SMILES string of the molecule is O=C(O)c1cc2cc(Cl)cc(Cn3nccc3Cc3ccccc3F)c2[nH]c1=O. The average molecular weight is 412 g/mol. The van der Waals surface area contributed by atoms with E-state index < -0.39 is 11.5 Å². The Labute approximate surface area is 169 Å². The lowest BCUT2D eigenvalue weighted by atomic mass is 10.1. The third-order valence-corrected chi connectivity index (χ3v) is 4.90. The number of pyridine rings is 1. The van der Waals surface area contributed by atoms with Crippen LogP contribution in [-0.2, 0) is 13.0 Å². The van der Waals surface area contributed by atoms with Gasteiger partial charge in [-0.05, 0) is 41.5 Å². The van der Waals surface area contributed by atoms with Crippen LogP contribution in [0.15, 0.2) is 59.5 Å². The number of fused-ring (bicyclic) bond motifs is 1. The minimum atomic E-state index is -1.31. The average Bonchev–Trinajstić information content (AvgIpc) is 3.10. The van der Waals surface area contributed by atoms with Crippen LogP contribution < -0.4 is 5.56 Å². The van der Waals surface area contributed by atoms with E-state index in [-0.39, 0.29) is 17.9 Å². The van der Waals surface area contributed by atoms with Gasteiger partial charge in [-0.2, -0.15) is 5.10 Å². The maximum Gasteiger partial charge on any atom is 0.341 e. The zero-order chi connectivity index (χ0) is 20.5. The Balaban J connectivity index is 1.75. The largest absolute Gasteiger partial charge is 0.477 e. The Bertz CT molecular complexity index is 1300. The number of aromatic carboxylic acids is 1. The molecule has 0 spiro atoms. The molecule has 29 heavy (non-hydrogen) atoms. The Morgan fingerprint density at radius 3 is 2.72 bits per heavy atom. The first kappa shape index (κ1) is 18.9. The molecule has 8 heteroatoms. The number of benzene rings is 2. The smallest absolute Gasteiger partial charge is 0.341 e. The number of aromatic amines is 1. The highest BCUT2D eigenvalue weighted by atomic mass is 35.5. The summed E-state index contributed by atoms with van der Waals surface area (Å²) >= 11 is 6.21. The molecule has 0 unspecified atom stereocenters. The van der Waals surface area contributed by atoms with Crippen molar-refractivity contribution >= 4 is 28.5 Å². The van der Waals surface area contributed by atoms with Crippen LogP contribution in [0.4, 0.5) is 4.39 Å². The monoisotopic (exact) mass is 411 g/mol. The highest BCUT2D eigenvalue weighted by Gasteiger charge is 2.14.